The van der Waals surface area contributed by atoms with Crippen molar-refractivity contribution in [1.82, 2.24) is 0 Å². The molecule has 12 heavy (non-hydrogen) atoms. The van der Waals surface area contributed by atoms with E-state index < -0.39 is 0 Å². The molecule has 0 aliphatic rings. The van der Waals surface area contributed by atoms with Gasteiger partial charge in [-0.3, -0.25) is 0 Å². The van der Waals surface area contributed by atoms with Crippen LogP contribution in [0, 0.1) is 0 Å². The molecule has 0 spiro atoms. The van der Waals surface area contributed by atoms with Crippen molar-refractivity contribution in [2.45, 2.75) is 6.61 Å². The summed E-state index contributed by atoms with van der Waals surface area (Å²) in [5.41, 5.74) is 1.14. The second-order valence-corrected chi connectivity index (χ2v) is 2.29. The fourth-order valence-electron chi connectivity index (χ4n) is 0.830. The normalized spacial score (nSPS) is 9.33. The lowest BCUT2D eigenvalue weighted by Crippen LogP contribution is -1.95. The molecule has 0 fully saturated rings. The van der Waals surface area contributed by atoms with E-state index in [1.807, 2.05) is 30.3 Å². The van der Waals surface area contributed by atoms with Gasteiger partial charge >= 0.3 is 0 Å². The predicted octanol–water partition coefficient (Wildman–Crippen LogP) is 2.32. The standard InChI is InChI=1S/C10H12O2/c1-2-11-9-12-8-10-6-4-3-5-7-10/h2-7H,1,8-9H2. The number of hydrogen-bond donors (Lipinski definition) is 0. The molecular weight excluding hydrogens is 152 g/mol. The molecule has 0 aliphatic heterocycles. The van der Waals surface area contributed by atoms with Crippen LogP contribution in [0.4, 0.5) is 0 Å². The summed E-state index contributed by atoms with van der Waals surface area (Å²) in [6.07, 6.45) is 1.37. The SMILES string of the molecule is C=COCOCc1ccccc1. The molecule has 2 heteroatoms. The summed E-state index contributed by atoms with van der Waals surface area (Å²) < 4.78 is 9.96. The summed E-state index contributed by atoms with van der Waals surface area (Å²) in [5, 5.41) is 0. The molecule has 0 saturated heterocycles. The van der Waals surface area contributed by atoms with Crippen LogP contribution in [0.25, 0.3) is 0 Å². The van der Waals surface area contributed by atoms with E-state index in [1.54, 1.807) is 0 Å². The zero-order valence-electron chi connectivity index (χ0n) is 6.90. The van der Waals surface area contributed by atoms with Gasteiger partial charge in [0.25, 0.3) is 0 Å². The summed E-state index contributed by atoms with van der Waals surface area (Å²) in [4.78, 5) is 0. The lowest BCUT2D eigenvalue weighted by Gasteiger charge is -2.02. The van der Waals surface area contributed by atoms with Crippen molar-refractivity contribution in [3.05, 3.63) is 48.7 Å². The van der Waals surface area contributed by atoms with Crippen LogP contribution in [0.15, 0.2) is 43.2 Å². The Morgan fingerprint density at radius 2 is 2.00 bits per heavy atom. The van der Waals surface area contributed by atoms with E-state index in [9.17, 15) is 0 Å². The molecule has 0 saturated carbocycles. The van der Waals surface area contributed by atoms with Crippen molar-refractivity contribution in [2.24, 2.45) is 0 Å². The maximum Gasteiger partial charge on any atom is 0.188 e. The van der Waals surface area contributed by atoms with Crippen molar-refractivity contribution in [3.63, 3.8) is 0 Å². The highest BCUT2D eigenvalue weighted by Gasteiger charge is 1.89. The van der Waals surface area contributed by atoms with E-state index in [2.05, 4.69) is 6.58 Å². The van der Waals surface area contributed by atoms with Gasteiger partial charge in [0.05, 0.1) is 12.9 Å². The molecule has 1 aromatic carbocycles. The van der Waals surface area contributed by atoms with Gasteiger partial charge in [-0.25, -0.2) is 0 Å². The average molecular weight is 164 g/mol. The highest BCUT2D eigenvalue weighted by molar-refractivity contribution is 5.13. The van der Waals surface area contributed by atoms with Crippen LogP contribution in [0.3, 0.4) is 0 Å². The van der Waals surface area contributed by atoms with E-state index >= 15 is 0 Å². The van der Waals surface area contributed by atoms with Crippen LogP contribution in [0.2, 0.25) is 0 Å². The van der Waals surface area contributed by atoms with Crippen molar-refractivity contribution in [3.8, 4) is 0 Å². The number of ether oxygens (including phenoxy) is 2. The second-order valence-electron chi connectivity index (χ2n) is 2.29. The van der Waals surface area contributed by atoms with Crippen LogP contribution >= 0.6 is 0 Å². The molecule has 0 N–H and O–H groups in total. The first-order valence-corrected chi connectivity index (χ1v) is 3.77. The third-order valence-corrected chi connectivity index (χ3v) is 1.38. The summed E-state index contributed by atoms with van der Waals surface area (Å²) in [5.74, 6) is 0. The Morgan fingerprint density at radius 3 is 2.67 bits per heavy atom. The predicted molar refractivity (Wildman–Crippen MR) is 47.4 cm³/mol. The number of benzene rings is 1. The topological polar surface area (TPSA) is 18.5 Å². The lowest BCUT2D eigenvalue weighted by molar-refractivity contribution is -0.0202. The highest BCUT2D eigenvalue weighted by atomic mass is 16.7. The molecule has 0 bridgehead atoms. The van der Waals surface area contributed by atoms with Crippen LogP contribution < -0.4 is 0 Å². The van der Waals surface area contributed by atoms with Crippen molar-refractivity contribution in [1.29, 1.82) is 0 Å². The van der Waals surface area contributed by atoms with Crippen LogP contribution in [0.1, 0.15) is 5.56 Å². The first-order valence-electron chi connectivity index (χ1n) is 3.77. The molecule has 2 nitrogen and oxygen atoms in total. The Kier molecular flexibility index (Phi) is 3.95. The van der Waals surface area contributed by atoms with Gasteiger partial charge in [0, 0.05) is 0 Å². The minimum Gasteiger partial charge on any atom is -0.476 e. The fraction of sp³-hybridized carbons (Fsp3) is 0.200. The van der Waals surface area contributed by atoms with Gasteiger partial charge in [0.2, 0.25) is 0 Å². The molecule has 0 aliphatic carbocycles. The average Bonchev–Trinajstić information content (AvgIpc) is 2.14. The summed E-state index contributed by atoms with van der Waals surface area (Å²) in [6, 6.07) is 9.95. The molecule has 64 valence electrons. The van der Waals surface area contributed by atoms with Gasteiger partial charge in [0.15, 0.2) is 6.79 Å². The van der Waals surface area contributed by atoms with Crippen LogP contribution in [-0.2, 0) is 16.1 Å². The summed E-state index contributed by atoms with van der Waals surface area (Å²) >= 11 is 0. The van der Waals surface area contributed by atoms with Crippen molar-refractivity contribution < 1.29 is 9.47 Å². The maximum absolute atomic E-state index is 5.17. The van der Waals surface area contributed by atoms with Gasteiger partial charge in [-0.1, -0.05) is 36.9 Å². The van der Waals surface area contributed by atoms with E-state index in [0.717, 1.165) is 5.56 Å². The van der Waals surface area contributed by atoms with Gasteiger partial charge < -0.3 is 9.47 Å². The Labute approximate surface area is 72.4 Å². The molecule has 0 atom stereocenters. The van der Waals surface area contributed by atoms with Gasteiger partial charge in [-0.15, -0.1) is 0 Å². The van der Waals surface area contributed by atoms with Crippen LogP contribution in [-0.4, -0.2) is 6.79 Å². The zero-order chi connectivity index (χ0) is 8.65. The van der Waals surface area contributed by atoms with E-state index in [-0.39, 0.29) is 6.79 Å². The minimum absolute atomic E-state index is 0.262. The highest BCUT2D eigenvalue weighted by Crippen LogP contribution is 1.99. The second kappa shape index (κ2) is 5.38. The lowest BCUT2D eigenvalue weighted by atomic mass is 10.2. The number of rotatable bonds is 5. The van der Waals surface area contributed by atoms with E-state index in [4.69, 9.17) is 9.47 Å². The fourth-order valence-corrected chi connectivity index (χ4v) is 0.830. The van der Waals surface area contributed by atoms with Crippen molar-refractivity contribution >= 4 is 0 Å². The Hall–Kier alpha value is -1.28. The molecule has 0 unspecified atom stereocenters. The Balaban J connectivity index is 2.20. The monoisotopic (exact) mass is 164 g/mol. The van der Waals surface area contributed by atoms with E-state index in [0.29, 0.717) is 6.61 Å². The largest absolute Gasteiger partial charge is 0.476 e. The number of hydrogen-bond acceptors (Lipinski definition) is 2. The third-order valence-electron chi connectivity index (χ3n) is 1.38. The van der Waals surface area contributed by atoms with Gasteiger partial charge in [0.1, 0.15) is 0 Å². The smallest absolute Gasteiger partial charge is 0.188 e. The molecular formula is C10H12O2. The van der Waals surface area contributed by atoms with Gasteiger partial charge in [-0.2, -0.15) is 0 Å². The molecule has 0 amide bonds. The van der Waals surface area contributed by atoms with Gasteiger partial charge in [-0.05, 0) is 5.56 Å². The molecule has 0 heterocycles. The minimum atomic E-state index is 0.262. The summed E-state index contributed by atoms with van der Waals surface area (Å²) in [7, 11) is 0. The molecule has 1 rings (SSSR count). The molecule has 0 aromatic heterocycles. The van der Waals surface area contributed by atoms with Crippen LogP contribution in [0.5, 0.6) is 0 Å². The summed E-state index contributed by atoms with van der Waals surface area (Å²) in [6.45, 7) is 4.24. The quantitative estimate of drug-likeness (QED) is 0.377. The Bertz CT molecular complexity index is 219. The Morgan fingerprint density at radius 1 is 1.25 bits per heavy atom. The zero-order valence-corrected chi connectivity index (χ0v) is 6.90. The first-order chi connectivity index (χ1) is 5.93. The van der Waals surface area contributed by atoms with Crippen molar-refractivity contribution in [2.75, 3.05) is 6.79 Å². The maximum atomic E-state index is 5.17. The molecule has 0 radical (unpaired) electrons. The first kappa shape index (κ1) is 8.81. The van der Waals surface area contributed by atoms with E-state index in [1.165, 1.54) is 6.26 Å². The molecule has 1 aromatic rings. The third kappa shape index (κ3) is 3.21.